The number of benzene rings is 2. The smallest absolute Gasteiger partial charge is 0.326 e. The zero-order valence-electron chi connectivity index (χ0n) is 12.3. The number of nitrogens with one attached hydrogen (secondary N) is 1. The highest BCUT2D eigenvalue weighted by molar-refractivity contribution is 5.92. The van der Waals surface area contributed by atoms with E-state index in [2.05, 4.69) is 0 Å². The monoisotopic (exact) mass is 365 g/mol. The summed E-state index contributed by atoms with van der Waals surface area (Å²) in [6, 6.07) is 5.51. The Morgan fingerprint density at radius 1 is 0.840 bits per heavy atom. The summed E-state index contributed by atoms with van der Waals surface area (Å²) in [5.74, 6) is -1.38. The molecule has 1 N–H and O–H groups in total. The van der Waals surface area contributed by atoms with Crippen molar-refractivity contribution in [1.82, 2.24) is 0 Å². The third kappa shape index (κ3) is 5.20. The molecule has 0 fully saturated rings. The van der Waals surface area contributed by atoms with Crippen LogP contribution in [0.4, 0.5) is 36.4 Å². The SMILES string of the molecule is O=C(Cc1ccc(F)cc1)Nc1cc(C(F)(F)F)cc(C(F)(F)F)c1. The fourth-order valence-electron chi connectivity index (χ4n) is 2.02. The summed E-state index contributed by atoms with van der Waals surface area (Å²) < 4.78 is 89.2. The molecule has 134 valence electrons. The van der Waals surface area contributed by atoms with Gasteiger partial charge in [0.2, 0.25) is 5.91 Å². The van der Waals surface area contributed by atoms with Crippen LogP contribution >= 0.6 is 0 Å². The molecule has 0 aromatic heterocycles. The van der Waals surface area contributed by atoms with Gasteiger partial charge >= 0.3 is 12.4 Å². The van der Waals surface area contributed by atoms with E-state index in [1.54, 1.807) is 0 Å². The number of hydrogen-bond donors (Lipinski definition) is 1. The predicted octanol–water partition coefficient (Wildman–Crippen LogP) is 5.04. The molecule has 0 unspecified atom stereocenters. The first-order valence-electron chi connectivity index (χ1n) is 6.79. The molecule has 0 saturated carbocycles. The Balaban J connectivity index is 2.25. The zero-order valence-corrected chi connectivity index (χ0v) is 12.3. The Kier molecular flexibility index (Phi) is 5.05. The molecule has 2 aromatic rings. The van der Waals surface area contributed by atoms with Crippen molar-refractivity contribution in [2.45, 2.75) is 18.8 Å². The van der Waals surface area contributed by atoms with Gasteiger partial charge in [-0.3, -0.25) is 4.79 Å². The van der Waals surface area contributed by atoms with Gasteiger partial charge in [0.15, 0.2) is 0 Å². The second kappa shape index (κ2) is 6.73. The molecule has 2 nitrogen and oxygen atoms in total. The summed E-state index contributed by atoms with van der Waals surface area (Å²) in [5.41, 5.74) is -3.34. The standard InChI is InChI=1S/C16H10F7NO/c17-12-3-1-9(2-4-12)5-14(25)24-13-7-10(15(18,19)20)6-11(8-13)16(21,22)23/h1-4,6-8H,5H2,(H,24,25). The van der Waals surface area contributed by atoms with Crippen LogP contribution in [0.15, 0.2) is 42.5 Å². The lowest BCUT2D eigenvalue weighted by atomic mass is 10.1. The summed E-state index contributed by atoms with van der Waals surface area (Å²) in [7, 11) is 0. The van der Waals surface area contributed by atoms with Crippen LogP contribution in [0.25, 0.3) is 0 Å². The average Bonchev–Trinajstić information content (AvgIpc) is 2.47. The average molecular weight is 365 g/mol. The maximum Gasteiger partial charge on any atom is 0.416 e. The highest BCUT2D eigenvalue weighted by atomic mass is 19.4. The van der Waals surface area contributed by atoms with Crippen molar-refractivity contribution in [2.24, 2.45) is 0 Å². The summed E-state index contributed by atoms with van der Waals surface area (Å²) in [4.78, 5) is 11.8. The molecule has 1 amide bonds. The lowest BCUT2D eigenvalue weighted by Crippen LogP contribution is -2.17. The van der Waals surface area contributed by atoms with Crippen LogP contribution in [0, 0.1) is 5.82 Å². The number of anilines is 1. The summed E-state index contributed by atoms with van der Waals surface area (Å²) in [6.07, 6.45) is -10.3. The van der Waals surface area contributed by atoms with Crippen LogP contribution in [0.2, 0.25) is 0 Å². The summed E-state index contributed by atoms with van der Waals surface area (Å²) in [5, 5.41) is 2.00. The number of carbonyl (C=O) groups excluding carboxylic acids is 1. The first-order chi connectivity index (χ1) is 11.4. The van der Waals surface area contributed by atoms with Gasteiger partial charge in [-0.1, -0.05) is 12.1 Å². The van der Waals surface area contributed by atoms with Gasteiger partial charge in [-0.25, -0.2) is 4.39 Å². The van der Waals surface area contributed by atoms with E-state index in [0.717, 1.165) is 12.1 Å². The Labute approximate surface area is 137 Å². The maximum atomic E-state index is 12.8. The van der Waals surface area contributed by atoms with E-state index in [4.69, 9.17) is 0 Å². The first kappa shape index (κ1) is 18.8. The zero-order chi connectivity index (χ0) is 18.8. The van der Waals surface area contributed by atoms with E-state index < -0.39 is 40.9 Å². The first-order valence-corrected chi connectivity index (χ1v) is 6.79. The van der Waals surface area contributed by atoms with Gasteiger partial charge in [-0.15, -0.1) is 0 Å². The van der Waals surface area contributed by atoms with Gasteiger partial charge in [0, 0.05) is 5.69 Å². The van der Waals surface area contributed by atoms with Crippen LogP contribution in [-0.2, 0) is 23.6 Å². The molecule has 0 aliphatic heterocycles. The molecule has 9 heteroatoms. The van der Waals surface area contributed by atoms with Gasteiger partial charge in [-0.05, 0) is 35.9 Å². The molecular weight excluding hydrogens is 355 g/mol. The number of alkyl halides is 6. The Morgan fingerprint density at radius 3 is 1.76 bits per heavy atom. The Morgan fingerprint density at radius 2 is 1.32 bits per heavy atom. The minimum atomic E-state index is -5.00. The third-order valence-electron chi connectivity index (χ3n) is 3.15. The molecule has 0 heterocycles. The van der Waals surface area contributed by atoms with E-state index in [1.807, 2.05) is 5.32 Å². The number of carbonyl (C=O) groups is 1. The van der Waals surface area contributed by atoms with E-state index in [9.17, 15) is 35.5 Å². The van der Waals surface area contributed by atoms with E-state index in [-0.39, 0.29) is 12.5 Å². The molecule has 2 aromatic carbocycles. The second-order valence-electron chi connectivity index (χ2n) is 5.15. The van der Waals surface area contributed by atoms with Crippen molar-refractivity contribution < 1.29 is 35.5 Å². The number of hydrogen-bond acceptors (Lipinski definition) is 1. The second-order valence-corrected chi connectivity index (χ2v) is 5.15. The molecule has 0 saturated heterocycles. The van der Waals surface area contributed by atoms with Crippen molar-refractivity contribution in [3.05, 3.63) is 65.0 Å². The van der Waals surface area contributed by atoms with Crippen molar-refractivity contribution in [2.75, 3.05) is 5.32 Å². The Hall–Kier alpha value is -2.58. The molecule has 2 rings (SSSR count). The topological polar surface area (TPSA) is 29.1 Å². The van der Waals surface area contributed by atoms with Gasteiger partial charge in [0.05, 0.1) is 17.5 Å². The quantitative estimate of drug-likeness (QED) is 0.759. The summed E-state index contributed by atoms with van der Waals surface area (Å²) in [6.45, 7) is 0. The van der Waals surface area contributed by atoms with E-state index in [0.29, 0.717) is 17.7 Å². The van der Waals surface area contributed by atoms with Crippen molar-refractivity contribution in [3.63, 3.8) is 0 Å². The minimum Gasteiger partial charge on any atom is -0.326 e. The maximum absolute atomic E-state index is 12.8. The Bertz CT molecular complexity index is 731. The van der Waals surface area contributed by atoms with E-state index in [1.165, 1.54) is 12.1 Å². The van der Waals surface area contributed by atoms with Gasteiger partial charge in [0.1, 0.15) is 5.82 Å². The molecule has 0 spiro atoms. The number of amides is 1. The van der Waals surface area contributed by atoms with Crippen LogP contribution in [0.5, 0.6) is 0 Å². The lowest BCUT2D eigenvalue weighted by Gasteiger charge is -2.14. The molecule has 0 radical (unpaired) electrons. The largest absolute Gasteiger partial charge is 0.416 e. The molecule has 0 aliphatic carbocycles. The molecule has 0 atom stereocenters. The van der Waals surface area contributed by atoms with Crippen LogP contribution in [0.1, 0.15) is 16.7 Å². The fraction of sp³-hybridized carbons (Fsp3) is 0.188. The van der Waals surface area contributed by atoms with E-state index >= 15 is 0 Å². The highest BCUT2D eigenvalue weighted by Gasteiger charge is 2.37. The lowest BCUT2D eigenvalue weighted by molar-refractivity contribution is -0.143. The molecule has 0 bridgehead atoms. The molecule has 0 aliphatic rings. The van der Waals surface area contributed by atoms with Crippen molar-refractivity contribution in [3.8, 4) is 0 Å². The van der Waals surface area contributed by atoms with Crippen molar-refractivity contribution >= 4 is 11.6 Å². The van der Waals surface area contributed by atoms with Gasteiger partial charge in [-0.2, -0.15) is 26.3 Å². The minimum absolute atomic E-state index is 0.0321. The van der Waals surface area contributed by atoms with Crippen LogP contribution in [0.3, 0.4) is 0 Å². The normalized spacial score (nSPS) is 12.1. The fourth-order valence-corrected chi connectivity index (χ4v) is 2.02. The third-order valence-corrected chi connectivity index (χ3v) is 3.15. The number of rotatable bonds is 3. The van der Waals surface area contributed by atoms with Crippen LogP contribution in [-0.4, -0.2) is 5.91 Å². The van der Waals surface area contributed by atoms with Crippen molar-refractivity contribution in [1.29, 1.82) is 0 Å². The number of halogens is 7. The van der Waals surface area contributed by atoms with Gasteiger partial charge in [0.25, 0.3) is 0 Å². The predicted molar refractivity (Wildman–Crippen MR) is 75.2 cm³/mol. The molecular formula is C16H10F7NO. The van der Waals surface area contributed by atoms with Gasteiger partial charge < -0.3 is 5.32 Å². The highest BCUT2D eigenvalue weighted by Crippen LogP contribution is 2.37. The van der Waals surface area contributed by atoms with Crippen LogP contribution < -0.4 is 5.32 Å². The molecule has 25 heavy (non-hydrogen) atoms. The summed E-state index contributed by atoms with van der Waals surface area (Å²) >= 11 is 0.